The number of nitrogens with zero attached hydrogens (tertiary/aromatic N) is 1. The largest absolute Gasteiger partial charge is 0.463 e. The van der Waals surface area contributed by atoms with Gasteiger partial charge in [0.1, 0.15) is 22.9 Å². The fraction of sp³-hybridized carbons (Fsp3) is 0.357. The number of halogens is 1. The highest BCUT2D eigenvalue weighted by molar-refractivity contribution is 9.10. The Morgan fingerprint density at radius 2 is 2.16 bits per heavy atom. The van der Waals surface area contributed by atoms with Gasteiger partial charge in [-0.15, -0.1) is 0 Å². The van der Waals surface area contributed by atoms with Crippen LogP contribution < -0.4 is 5.32 Å². The van der Waals surface area contributed by atoms with Crippen LogP contribution in [-0.4, -0.2) is 16.6 Å². The Balaban J connectivity index is 2.07. The number of nitrogens with one attached hydrogen (secondary N) is 1. The lowest BCUT2D eigenvalue weighted by molar-refractivity contribution is 0.0467. The fourth-order valence-electron chi connectivity index (χ4n) is 1.71. The molecule has 0 aliphatic heterocycles. The smallest absolute Gasteiger partial charge is 0.137 e. The topological polar surface area (TPSA) is 58.3 Å². The minimum absolute atomic E-state index is 0.327. The molecule has 0 fully saturated rings. The molecular formula is C14H17BrN2O2. The van der Waals surface area contributed by atoms with Crippen LogP contribution in [0.2, 0.25) is 0 Å². The van der Waals surface area contributed by atoms with Crippen molar-refractivity contribution in [3.05, 3.63) is 46.0 Å². The number of aromatic nitrogens is 1. The highest BCUT2D eigenvalue weighted by atomic mass is 79.9. The lowest BCUT2D eigenvalue weighted by Gasteiger charge is -2.21. The van der Waals surface area contributed by atoms with E-state index in [1.54, 1.807) is 19.2 Å². The number of hydrogen-bond donors (Lipinski definition) is 2. The number of furan rings is 1. The summed E-state index contributed by atoms with van der Waals surface area (Å²) in [5.74, 6) is 2.06. The van der Waals surface area contributed by atoms with E-state index in [4.69, 9.17) is 4.42 Å². The summed E-state index contributed by atoms with van der Waals surface area (Å²) >= 11 is 3.40. The summed E-state index contributed by atoms with van der Waals surface area (Å²) in [6.45, 7) is 5.88. The maximum Gasteiger partial charge on any atom is 0.137 e. The SMILES string of the molecule is Cc1ccc(C(C)(O)CNc2cc(C)c(Br)cn2)o1. The molecule has 19 heavy (non-hydrogen) atoms. The lowest BCUT2D eigenvalue weighted by Crippen LogP contribution is -2.30. The second-order valence-electron chi connectivity index (χ2n) is 4.86. The van der Waals surface area contributed by atoms with E-state index in [1.807, 2.05) is 26.0 Å². The van der Waals surface area contributed by atoms with Crippen molar-refractivity contribution in [3.63, 3.8) is 0 Å². The molecule has 0 saturated heterocycles. The Kier molecular flexibility index (Phi) is 3.96. The van der Waals surface area contributed by atoms with Crippen molar-refractivity contribution in [2.24, 2.45) is 0 Å². The minimum atomic E-state index is -1.07. The molecule has 2 heterocycles. The molecule has 0 aromatic carbocycles. The molecular weight excluding hydrogens is 308 g/mol. The van der Waals surface area contributed by atoms with E-state index < -0.39 is 5.60 Å². The summed E-state index contributed by atoms with van der Waals surface area (Å²) in [6, 6.07) is 5.55. The average molecular weight is 325 g/mol. The van der Waals surface area contributed by atoms with Crippen LogP contribution in [0, 0.1) is 13.8 Å². The van der Waals surface area contributed by atoms with Crippen molar-refractivity contribution in [3.8, 4) is 0 Å². The third-order valence-electron chi connectivity index (χ3n) is 2.93. The molecule has 1 unspecified atom stereocenters. The molecule has 0 bridgehead atoms. The fourth-order valence-corrected chi connectivity index (χ4v) is 1.93. The summed E-state index contributed by atoms with van der Waals surface area (Å²) in [7, 11) is 0. The Labute approximate surface area is 121 Å². The molecule has 102 valence electrons. The van der Waals surface area contributed by atoms with Gasteiger partial charge in [0.05, 0.1) is 6.54 Å². The summed E-state index contributed by atoms with van der Waals surface area (Å²) in [4.78, 5) is 4.24. The minimum Gasteiger partial charge on any atom is -0.463 e. The Morgan fingerprint density at radius 3 is 2.74 bits per heavy atom. The molecule has 2 N–H and O–H groups in total. The van der Waals surface area contributed by atoms with Crippen molar-refractivity contribution >= 4 is 21.7 Å². The van der Waals surface area contributed by atoms with E-state index in [0.29, 0.717) is 12.3 Å². The molecule has 2 aromatic rings. The third-order valence-corrected chi connectivity index (χ3v) is 3.76. The van der Waals surface area contributed by atoms with Crippen LogP contribution in [0.1, 0.15) is 24.0 Å². The van der Waals surface area contributed by atoms with Crippen molar-refractivity contribution in [2.75, 3.05) is 11.9 Å². The number of aliphatic hydroxyl groups is 1. The Morgan fingerprint density at radius 1 is 1.42 bits per heavy atom. The predicted molar refractivity (Wildman–Crippen MR) is 78.2 cm³/mol. The van der Waals surface area contributed by atoms with Crippen LogP contribution in [0.15, 0.2) is 33.3 Å². The van der Waals surface area contributed by atoms with Crippen LogP contribution >= 0.6 is 15.9 Å². The van der Waals surface area contributed by atoms with Crippen molar-refractivity contribution in [2.45, 2.75) is 26.4 Å². The van der Waals surface area contributed by atoms with Gasteiger partial charge in [-0.1, -0.05) is 0 Å². The molecule has 0 aliphatic rings. The number of pyridine rings is 1. The first kappa shape index (κ1) is 14.1. The molecule has 0 amide bonds. The van der Waals surface area contributed by atoms with E-state index in [0.717, 1.165) is 21.6 Å². The van der Waals surface area contributed by atoms with E-state index in [-0.39, 0.29) is 0 Å². The molecule has 0 saturated carbocycles. The number of aryl methyl sites for hydroxylation is 2. The summed E-state index contributed by atoms with van der Waals surface area (Å²) < 4.78 is 6.43. The van der Waals surface area contributed by atoms with E-state index in [9.17, 15) is 5.11 Å². The zero-order valence-electron chi connectivity index (χ0n) is 11.2. The van der Waals surface area contributed by atoms with Crippen LogP contribution in [0.5, 0.6) is 0 Å². The molecule has 0 aliphatic carbocycles. The second-order valence-corrected chi connectivity index (χ2v) is 5.71. The first-order valence-corrected chi connectivity index (χ1v) is 6.83. The maximum absolute atomic E-state index is 10.4. The van der Waals surface area contributed by atoms with Gasteiger partial charge in [0, 0.05) is 10.7 Å². The highest BCUT2D eigenvalue weighted by Crippen LogP contribution is 2.24. The lowest BCUT2D eigenvalue weighted by atomic mass is 10.0. The van der Waals surface area contributed by atoms with Gasteiger partial charge in [-0.3, -0.25) is 0 Å². The van der Waals surface area contributed by atoms with E-state index >= 15 is 0 Å². The Hall–Kier alpha value is -1.33. The molecule has 1 atom stereocenters. The highest BCUT2D eigenvalue weighted by Gasteiger charge is 2.26. The van der Waals surface area contributed by atoms with Crippen molar-refractivity contribution in [1.29, 1.82) is 0 Å². The van der Waals surface area contributed by atoms with E-state index in [2.05, 4.69) is 26.2 Å². The van der Waals surface area contributed by atoms with Gasteiger partial charge in [0.25, 0.3) is 0 Å². The van der Waals surface area contributed by atoms with Gasteiger partial charge in [-0.2, -0.15) is 0 Å². The standard InChI is InChI=1S/C14H17BrN2O2/c1-9-6-13(16-7-11(9)15)17-8-14(3,18)12-5-4-10(2)19-12/h4-7,18H,8H2,1-3H3,(H,16,17). The first-order chi connectivity index (χ1) is 8.88. The Bertz CT molecular complexity index is 579. The van der Waals surface area contributed by atoms with Gasteiger partial charge >= 0.3 is 0 Å². The van der Waals surface area contributed by atoms with Gasteiger partial charge < -0.3 is 14.8 Å². The summed E-state index contributed by atoms with van der Waals surface area (Å²) in [5.41, 5.74) is 0.0164. The van der Waals surface area contributed by atoms with Gasteiger partial charge in [0.15, 0.2) is 0 Å². The quantitative estimate of drug-likeness (QED) is 0.905. The van der Waals surface area contributed by atoms with Gasteiger partial charge in [-0.25, -0.2) is 4.98 Å². The van der Waals surface area contributed by atoms with Crippen molar-refractivity contribution in [1.82, 2.24) is 4.98 Å². The third kappa shape index (κ3) is 3.36. The summed E-state index contributed by atoms with van der Waals surface area (Å²) in [5, 5.41) is 13.5. The maximum atomic E-state index is 10.4. The van der Waals surface area contributed by atoms with Crippen LogP contribution in [-0.2, 0) is 5.60 Å². The van der Waals surface area contributed by atoms with E-state index in [1.165, 1.54) is 0 Å². The average Bonchev–Trinajstić information content (AvgIpc) is 2.78. The number of anilines is 1. The van der Waals surface area contributed by atoms with Gasteiger partial charge in [0.2, 0.25) is 0 Å². The monoisotopic (exact) mass is 324 g/mol. The van der Waals surface area contributed by atoms with Crippen LogP contribution in [0.25, 0.3) is 0 Å². The van der Waals surface area contributed by atoms with Crippen LogP contribution in [0.4, 0.5) is 5.82 Å². The van der Waals surface area contributed by atoms with Crippen molar-refractivity contribution < 1.29 is 9.52 Å². The first-order valence-electron chi connectivity index (χ1n) is 6.04. The molecule has 2 aromatic heterocycles. The predicted octanol–water partition coefficient (Wildman–Crippen LogP) is 3.37. The summed E-state index contributed by atoms with van der Waals surface area (Å²) in [6.07, 6.45) is 1.74. The second kappa shape index (κ2) is 5.35. The molecule has 5 heteroatoms. The molecule has 4 nitrogen and oxygen atoms in total. The van der Waals surface area contributed by atoms with Crippen LogP contribution in [0.3, 0.4) is 0 Å². The zero-order chi connectivity index (χ0) is 14.0. The number of hydrogen-bond acceptors (Lipinski definition) is 4. The molecule has 2 rings (SSSR count). The molecule has 0 radical (unpaired) electrons. The van der Waals surface area contributed by atoms with Gasteiger partial charge in [-0.05, 0) is 60.5 Å². The normalized spacial score (nSPS) is 14.2. The molecule has 0 spiro atoms. The zero-order valence-corrected chi connectivity index (χ0v) is 12.8. The number of rotatable bonds is 4.